The summed E-state index contributed by atoms with van der Waals surface area (Å²) in [7, 11) is 0. The number of ether oxygens (including phenoxy) is 1. The van der Waals surface area contributed by atoms with E-state index >= 15 is 0 Å². The number of carbonyl (C=O) groups is 2. The van der Waals surface area contributed by atoms with Gasteiger partial charge < -0.3 is 15.4 Å². The van der Waals surface area contributed by atoms with Crippen molar-refractivity contribution in [2.75, 3.05) is 6.61 Å². The Labute approximate surface area is 128 Å². The van der Waals surface area contributed by atoms with E-state index in [4.69, 9.17) is 4.74 Å². The van der Waals surface area contributed by atoms with Crippen LogP contribution < -0.4 is 10.6 Å². The van der Waals surface area contributed by atoms with Crippen LogP contribution in [0.15, 0.2) is 35.5 Å². The number of amides is 2. The molecule has 1 unspecified atom stereocenters. The quantitative estimate of drug-likeness (QED) is 0.822. The normalized spacial score (nSPS) is 17.8. The SMILES string of the molecule is CCCC1=C(C(=O)OCC)C(c2ccccc2F)NC(=O)N1. The summed E-state index contributed by atoms with van der Waals surface area (Å²) in [5.74, 6) is -1.03. The minimum absolute atomic E-state index is 0.208. The minimum atomic E-state index is -0.851. The topological polar surface area (TPSA) is 67.4 Å². The first-order valence-corrected chi connectivity index (χ1v) is 7.30. The van der Waals surface area contributed by atoms with Crippen molar-refractivity contribution >= 4 is 12.0 Å². The van der Waals surface area contributed by atoms with E-state index in [1.54, 1.807) is 25.1 Å². The van der Waals surface area contributed by atoms with E-state index in [9.17, 15) is 14.0 Å². The number of allylic oxidation sites excluding steroid dienone is 1. The van der Waals surface area contributed by atoms with Gasteiger partial charge in [-0.05, 0) is 19.4 Å². The van der Waals surface area contributed by atoms with Crippen molar-refractivity contribution in [3.8, 4) is 0 Å². The Bertz CT molecular complexity index is 613. The highest BCUT2D eigenvalue weighted by Crippen LogP contribution is 2.30. The summed E-state index contributed by atoms with van der Waals surface area (Å²) in [4.78, 5) is 24.1. The summed E-state index contributed by atoms with van der Waals surface area (Å²) >= 11 is 0. The number of urea groups is 1. The monoisotopic (exact) mass is 306 g/mol. The van der Waals surface area contributed by atoms with E-state index in [0.29, 0.717) is 12.1 Å². The highest BCUT2D eigenvalue weighted by molar-refractivity contribution is 5.95. The van der Waals surface area contributed by atoms with E-state index < -0.39 is 23.9 Å². The molecule has 1 aliphatic heterocycles. The molecule has 1 heterocycles. The molecule has 6 heteroatoms. The third-order valence-electron chi connectivity index (χ3n) is 3.37. The van der Waals surface area contributed by atoms with Gasteiger partial charge in [0.1, 0.15) is 5.82 Å². The molecule has 22 heavy (non-hydrogen) atoms. The number of hydrogen-bond acceptors (Lipinski definition) is 3. The van der Waals surface area contributed by atoms with Crippen molar-refractivity contribution in [2.24, 2.45) is 0 Å². The number of benzene rings is 1. The predicted octanol–water partition coefficient (Wildman–Crippen LogP) is 2.80. The molecule has 2 N–H and O–H groups in total. The maximum absolute atomic E-state index is 14.1. The Morgan fingerprint density at radius 2 is 2.05 bits per heavy atom. The lowest BCUT2D eigenvalue weighted by Crippen LogP contribution is -2.46. The largest absolute Gasteiger partial charge is 0.463 e. The summed E-state index contributed by atoms with van der Waals surface area (Å²) in [6.45, 7) is 3.84. The average molecular weight is 306 g/mol. The fourth-order valence-electron chi connectivity index (χ4n) is 2.46. The lowest BCUT2D eigenvalue weighted by atomic mass is 9.93. The van der Waals surface area contributed by atoms with Crippen molar-refractivity contribution in [1.82, 2.24) is 10.6 Å². The van der Waals surface area contributed by atoms with Crippen LogP contribution in [0.4, 0.5) is 9.18 Å². The zero-order valence-corrected chi connectivity index (χ0v) is 12.6. The molecule has 2 amide bonds. The van der Waals surface area contributed by atoms with Crippen LogP contribution >= 0.6 is 0 Å². The molecule has 1 atom stereocenters. The number of halogens is 1. The average Bonchev–Trinajstić information content (AvgIpc) is 2.47. The van der Waals surface area contributed by atoms with Crippen LogP contribution in [0.1, 0.15) is 38.3 Å². The van der Waals surface area contributed by atoms with E-state index in [1.165, 1.54) is 6.07 Å². The Morgan fingerprint density at radius 1 is 1.32 bits per heavy atom. The van der Waals surface area contributed by atoms with Crippen molar-refractivity contribution in [3.05, 3.63) is 46.9 Å². The zero-order valence-electron chi connectivity index (χ0n) is 12.6. The number of hydrogen-bond donors (Lipinski definition) is 2. The van der Waals surface area contributed by atoms with E-state index in [1.807, 2.05) is 6.92 Å². The number of rotatable bonds is 5. The van der Waals surface area contributed by atoms with Crippen LogP contribution in [0.2, 0.25) is 0 Å². The van der Waals surface area contributed by atoms with E-state index in [0.717, 1.165) is 6.42 Å². The Balaban J connectivity index is 2.52. The first kappa shape index (κ1) is 16.0. The molecule has 1 aliphatic rings. The molecule has 2 rings (SSSR count). The maximum atomic E-state index is 14.1. The lowest BCUT2D eigenvalue weighted by molar-refractivity contribution is -0.139. The van der Waals surface area contributed by atoms with Crippen LogP contribution in [0.3, 0.4) is 0 Å². The van der Waals surface area contributed by atoms with Crippen LogP contribution in [-0.4, -0.2) is 18.6 Å². The minimum Gasteiger partial charge on any atom is -0.463 e. The van der Waals surface area contributed by atoms with Gasteiger partial charge in [-0.25, -0.2) is 14.0 Å². The van der Waals surface area contributed by atoms with E-state index in [2.05, 4.69) is 10.6 Å². The van der Waals surface area contributed by atoms with Crippen molar-refractivity contribution in [3.63, 3.8) is 0 Å². The molecular weight excluding hydrogens is 287 g/mol. The molecule has 1 aromatic rings. The molecule has 5 nitrogen and oxygen atoms in total. The molecule has 0 spiro atoms. The molecule has 0 aliphatic carbocycles. The second-order valence-corrected chi connectivity index (χ2v) is 4.92. The van der Waals surface area contributed by atoms with Gasteiger partial charge in [0.2, 0.25) is 0 Å². The van der Waals surface area contributed by atoms with Gasteiger partial charge in [-0.15, -0.1) is 0 Å². The Morgan fingerprint density at radius 3 is 2.68 bits per heavy atom. The lowest BCUT2D eigenvalue weighted by Gasteiger charge is -2.29. The maximum Gasteiger partial charge on any atom is 0.338 e. The van der Waals surface area contributed by atoms with Gasteiger partial charge >= 0.3 is 12.0 Å². The summed E-state index contributed by atoms with van der Waals surface area (Å²) < 4.78 is 19.2. The van der Waals surface area contributed by atoms with Gasteiger partial charge in [0, 0.05) is 11.3 Å². The molecule has 1 aromatic carbocycles. The molecule has 0 saturated carbocycles. The molecule has 0 fully saturated rings. The van der Waals surface area contributed by atoms with Gasteiger partial charge in [0.05, 0.1) is 18.2 Å². The molecule has 0 aromatic heterocycles. The number of esters is 1. The Kier molecular flexibility index (Phi) is 5.14. The standard InChI is InChI=1S/C16H19FN2O3/c1-3-7-12-13(15(20)22-4-2)14(19-16(21)18-12)10-8-5-6-9-11(10)17/h5-6,8-9,14H,3-4,7H2,1-2H3,(H2,18,19,21). The first-order chi connectivity index (χ1) is 10.6. The van der Waals surface area contributed by atoms with Crippen LogP contribution in [0.5, 0.6) is 0 Å². The summed E-state index contributed by atoms with van der Waals surface area (Å²) in [6, 6.07) is 4.76. The Hall–Kier alpha value is -2.37. The van der Waals surface area contributed by atoms with Crippen molar-refractivity contribution < 1.29 is 18.7 Å². The van der Waals surface area contributed by atoms with E-state index in [-0.39, 0.29) is 17.7 Å². The molecule has 0 radical (unpaired) electrons. The van der Waals surface area contributed by atoms with Gasteiger partial charge in [0.25, 0.3) is 0 Å². The fraction of sp³-hybridized carbons (Fsp3) is 0.375. The second kappa shape index (κ2) is 7.06. The summed E-state index contributed by atoms with van der Waals surface area (Å²) in [5, 5.41) is 5.23. The van der Waals surface area contributed by atoms with Crippen LogP contribution in [-0.2, 0) is 9.53 Å². The summed E-state index contributed by atoms with van der Waals surface area (Å²) in [5.41, 5.74) is 0.986. The zero-order chi connectivity index (χ0) is 16.1. The molecule has 0 saturated heterocycles. The van der Waals surface area contributed by atoms with Gasteiger partial charge in [0.15, 0.2) is 0 Å². The van der Waals surface area contributed by atoms with Crippen molar-refractivity contribution in [1.29, 1.82) is 0 Å². The highest BCUT2D eigenvalue weighted by atomic mass is 19.1. The van der Waals surface area contributed by atoms with Crippen LogP contribution in [0, 0.1) is 5.82 Å². The number of carbonyl (C=O) groups excluding carboxylic acids is 2. The number of nitrogens with one attached hydrogen (secondary N) is 2. The summed E-state index contributed by atoms with van der Waals surface area (Å²) in [6.07, 6.45) is 1.25. The third kappa shape index (κ3) is 3.27. The highest BCUT2D eigenvalue weighted by Gasteiger charge is 2.34. The second-order valence-electron chi connectivity index (χ2n) is 4.92. The third-order valence-corrected chi connectivity index (χ3v) is 3.37. The first-order valence-electron chi connectivity index (χ1n) is 7.30. The van der Waals surface area contributed by atoms with Crippen LogP contribution in [0.25, 0.3) is 0 Å². The molecular formula is C16H19FN2O3. The molecule has 118 valence electrons. The van der Waals surface area contributed by atoms with Crippen molar-refractivity contribution in [2.45, 2.75) is 32.7 Å². The van der Waals surface area contributed by atoms with Gasteiger partial charge in [-0.2, -0.15) is 0 Å². The van der Waals surface area contributed by atoms with Gasteiger partial charge in [-0.3, -0.25) is 0 Å². The smallest absolute Gasteiger partial charge is 0.338 e. The predicted molar refractivity (Wildman–Crippen MR) is 79.4 cm³/mol. The van der Waals surface area contributed by atoms with Gasteiger partial charge in [-0.1, -0.05) is 31.5 Å². The fourth-order valence-corrected chi connectivity index (χ4v) is 2.46. The molecule has 0 bridgehead atoms.